The fourth-order valence-corrected chi connectivity index (χ4v) is 4.28. The summed E-state index contributed by atoms with van der Waals surface area (Å²) >= 11 is 5.91. The van der Waals surface area contributed by atoms with Gasteiger partial charge in [-0.25, -0.2) is 8.42 Å². The van der Waals surface area contributed by atoms with E-state index < -0.39 is 10.0 Å². The van der Waals surface area contributed by atoms with Gasteiger partial charge in [-0.1, -0.05) is 35.9 Å². The lowest BCUT2D eigenvalue weighted by atomic mass is 10.1. The zero-order chi connectivity index (χ0) is 19.7. The molecule has 0 aliphatic carbocycles. The maximum Gasteiger partial charge on any atom is 0.259 e. The van der Waals surface area contributed by atoms with Crippen LogP contribution < -0.4 is 14.8 Å². The van der Waals surface area contributed by atoms with Crippen molar-refractivity contribution >= 4 is 38.9 Å². The molecule has 0 fully saturated rings. The second-order valence-electron chi connectivity index (χ2n) is 6.25. The number of sulfonamides is 1. The summed E-state index contributed by atoms with van der Waals surface area (Å²) in [5.41, 5.74) is 1.61. The molecule has 142 valence electrons. The topological polar surface area (TPSA) is 84.5 Å². The van der Waals surface area contributed by atoms with Crippen LogP contribution in [0, 0.1) is 0 Å². The van der Waals surface area contributed by atoms with Gasteiger partial charge in [0, 0.05) is 10.7 Å². The molecule has 0 unspecified atom stereocenters. The molecular formula is C20H15ClN2O4S. The summed E-state index contributed by atoms with van der Waals surface area (Å²) in [5, 5.41) is 3.22. The summed E-state index contributed by atoms with van der Waals surface area (Å²) in [5.74, 6) is 0.249. The van der Waals surface area contributed by atoms with E-state index >= 15 is 0 Å². The van der Waals surface area contributed by atoms with Crippen molar-refractivity contribution in [2.45, 2.75) is 5.75 Å². The highest BCUT2D eigenvalue weighted by Crippen LogP contribution is 2.36. The number of nitrogens with one attached hydrogen (secondary N) is 2. The van der Waals surface area contributed by atoms with Gasteiger partial charge in [0.15, 0.2) is 5.75 Å². The SMILES string of the molecule is O=C1Nc2ccccc2Oc2ccc(NS(=O)(=O)Cc3cccc(Cl)c3)cc21. The van der Waals surface area contributed by atoms with Crippen LogP contribution in [-0.4, -0.2) is 14.3 Å². The number of fused-ring (bicyclic) bond motifs is 2. The minimum atomic E-state index is -3.69. The number of benzene rings is 3. The molecule has 0 bridgehead atoms. The Labute approximate surface area is 167 Å². The first-order valence-electron chi connectivity index (χ1n) is 8.37. The number of hydrogen-bond acceptors (Lipinski definition) is 4. The van der Waals surface area contributed by atoms with E-state index in [0.717, 1.165) is 0 Å². The van der Waals surface area contributed by atoms with Crippen LogP contribution in [0.25, 0.3) is 0 Å². The third-order valence-corrected chi connectivity index (χ3v) is 5.59. The van der Waals surface area contributed by atoms with E-state index in [-0.39, 0.29) is 22.9 Å². The van der Waals surface area contributed by atoms with Crippen molar-refractivity contribution in [1.82, 2.24) is 0 Å². The van der Waals surface area contributed by atoms with E-state index in [1.807, 2.05) is 0 Å². The van der Waals surface area contributed by atoms with Crippen LogP contribution >= 0.6 is 11.6 Å². The fourth-order valence-electron chi connectivity index (χ4n) is 2.89. The predicted octanol–water partition coefficient (Wildman–Crippen LogP) is 4.64. The number of carbonyl (C=O) groups is 1. The summed E-state index contributed by atoms with van der Waals surface area (Å²) in [6, 6.07) is 18.3. The van der Waals surface area contributed by atoms with Crippen LogP contribution in [0.5, 0.6) is 11.5 Å². The van der Waals surface area contributed by atoms with Crippen molar-refractivity contribution < 1.29 is 17.9 Å². The summed E-state index contributed by atoms with van der Waals surface area (Å²) in [7, 11) is -3.69. The number of carbonyl (C=O) groups excluding carboxylic acids is 1. The summed E-state index contributed by atoms with van der Waals surface area (Å²) in [4.78, 5) is 12.5. The van der Waals surface area contributed by atoms with E-state index in [2.05, 4.69) is 10.0 Å². The van der Waals surface area contributed by atoms with Gasteiger partial charge in [0.2, 0.25) is 10.0 Å². The van der Waals surface area contributed by atoms with Crippen molar-refractivity contribution in [3.8, 4) is 11.5 Å². The van der Waals surface area contributed by atoms with E-state index in [1.165, 1.54) is 6.07 Å². The summed E-state index contributed by atoms with van der Waals surface area (Å²) < 4.78 is 33.3. The maximum atomic E-state index is 12.5. The van der Waals surface area contributed by atoms with Gasteiger partial charge in [-0.15, -0.1) is 0 Å². The number of anilines is 2. The van der Waals surface area contributed by atoms with Crippen molar-refractivity contribution in [3.05, 3.63) is 82.9 Å². The quantitative estimate of drug-likeness (QED) is 0.651. The highest BCUT2D eigenvalue weighted by molar-refractivity contribution is 7.91. The van der Waals surface area contributed by atoms with E-state index in [1.54, 1.807) is 60.7 Å². The largest absolute Gasteiger partial charge is 0.454 e. The molecule has 2 N–H and O–H groups in total. The molecule has 0 saturated carbocycles. The Balaban J connectivity index is 1.59. The van der Waals surface area contributed by atoms with Gasteiger partial charge < -0.3 is 10.1 Å². The summed E-state index contributed by atoms with van der Waals surface area (Å²) in [6.45, 7) is 0. The van der Waals surface area contributed by atoms with Gasteiger partial charge in [-0.2, -0.15) is 0 Å². The number of amides is 1. The molecule has 0 aromatic heterocycles. The Bertz CT molecular complexity index is 1180. The molecule has 0 saturated heterocycles. The molecule has 4 rings (SSSR count). The van der Waals surface area contributed by atoms with Crippen molar-refractivity contribution in [1.29, 1.82) is 0 Å². The Morgan fingerprint density at radius 1 is 0.964 bits per heavy atom. The maximum absolute atomic E-state index is 12.5. The van der Waals surface area contributed by atoms with Gasteiger partial charge in [0.25, 0.3) is 5.91 Å². The molecule has 1 amide bonds. The molecular weight excluding hydrogens is 400 g/mol. The Kier molecular flexibility index (Phi) is 4.70. The van der Waals surface area contributed by atoms with Crippen molar-refractivity contribution in [2.75, 3.05) is 10.0 Å². The molecule has 6 nitrogen and oxygen atoms in total. The lowest BCUT2D eigenvalue weighted by Gasteiger charge is -2.11. The number of halogens is 1. The highest BCUT2D eigenvalue weighted by atomic mass is 35.5. The van der Waals surface area contributed by atoms with E-state index in [9.17, 15) is 13.2 Å². The van der Waals surface area contributed by atoms with Gasteiger partial charge in [0.1, 0.15) is 5.75 Å². The Morgan fingerprint density at radius 3 is 2.61 bits per heavy atom. The molecule has 1 aliphatic rings. The number of hydrogen-bond donors (Lipinski definition) is 2. The first-order chi connectivity index (χ1) is 13.4. The highest BCUT2D eigenvalue weighted by Gasteiger charge is 2.22. The molecule has 0 spiro atoms. The molecule has 28 heavy (non-hydrogen) atoms. The zero-order valence-electron chi connectivity index (χ0n) is 14.5. The van der Waals surface area contributed by atoms with E-state index in [4.69, 9.17) is 16.3 Å². The molecule has 1 aliphatic heterocycles. The lowest BCUT2D eigenvalue weighted by Crippen LogP contribution is -2.16. The number of rotatable bonds is 4. The van der Waals surface area contributed by atoms with Crippen LogP contribution in [0.1, 0.15) is 15.9 Å². The number of ether oxygens (including phenoxy) is 1. The molecule has 0 atom stereocenters. The van der Waals surface area contributed by atoms with Crippen LogP contribution in [0.2, 0.25) is 5.02 Å². The molecule has 8 heteroatoms. The van der Waals surface area contributed by atoms with Crippen molar-refractivity contribution in [2.24, 2.45) is 0 Å². The van der Waals surface area contributed by atoms with Crippen molar-refractivity contribution in [3.63, 3.8) is 0 Å². The van der Waals surface area contributed by atoms with Gasteiger partial charge in [-0.05, 0) is 48.0 Å². The molecule has 3 aromatic carbocycles. The predicted molar refractivity (Wildman–Crippen MR) is 109 cm³/mol. The number of para-hydroxylation sites is 2. The molecule has 0 radical (unpaired) electrons. The molecule has 1 heterocycles. The molecule has 3 aromatic rings. The Hall–Kier alpha value is -3.03. The lowest BCUT2D eigenvalue weighted by molar-refractivity contribution is 0.102. The smallest absolute Gasteiger partial charge is 0.259 e. The standard InChI is InChI=1S/C20H15ClN2O4S/c21-14-5-3-4-13(10-14)12-28(25,26)23-15-8-9-18-16(11-15)20(24)22-17-6-1-2-7-19(17)27-18/h1-11,23H,12H2,(H,22,24). The van der Waals surface area contributed by atoms with Crippen LogP contribution in [-0.2, 0) is 15.8 Å². The fraction of sp³-hybridized carbons (Fsp3) is 0.0500. The van der Waals surface area contributed by atoms with Crippen LogP contribution in [0.4, 0.5) is 11.4 Å². The minimum absolute atomic E-state index is 0.235. The van der Waals surface area contributed by atoms with Crippen LogP contribution in [0.3, 0.4) is 0 Å². The second-order valence-corrected chi connectivity index (χ2v) is 8.41. The minimum Gasteiger partial charge on any atom is -0.454 e. The third-order valence-electron chi connectivity index (χ3n) is 4.10. The zero-order valence-corrected chi connectivity index (χ0v) is 16.0. The van der Waals surface area contributed by atoms with Gasteiger partial charge in [0.05, 0.1) is 17.0 Å². The normalized spacial score (nSPS) is 12.8. The summed E-state index contributed by atoms with van der Waals surface area (Å²) in [6.07, 6.45) is 0. The van der Waals surface area contributed by atoms with Crippen LogP contribution in [0.15, 0.2) is 66.7 Å². The third kappa shape index (κ3) is 3.95. The Morgan fingerprint density at radius 2 is 1.79 bits per heavy atom. The first kappa shape index (κ1) is 18.3. The van der Waals surface area contributed by atoms with Gasteiger partial charge >= 0.3 is 0 Å². The first-order valence-corrected chi connectivity index (χ1v) is 10.4. The average Bonchev–Trinajstić information content (AvgIpc) is 2.77. The average molecular weight is 415 g/mol. The van der Waals surface area contributed by atoms with E-state index in [0.29, 0.717) is 27.8 Å². The second kappa shape index (κ2) is 7.18. The van der Waals surface area contributed by atoms with Gasteiger partial charge in [-0.3, -0.25) is 9.52 Å². The monoisotopic (exact) mass is 414 g/mol.